The average molecular weight is 320 g/mol. The number of nitrogens with one attached hydrogen (secondary N) is 1. The summed E-state index contributed by atoms with van der Waals surface area (Å²) in [4.78, 5) is 14.5. The third-order valence-electron chi connectivity index (χ3n) is 4.38. The molecule has 1 aliphatic rings. The lowest BCUT2D eigenvalue weighted by Crippen LogP contribution is -2.43. The minimum atomic E-state index is 0. The molecule has 0 aliphatic carbocycles. The standard InChI is InChI=1S/C19H30N2O2.H2/c1-2-3-7-12-20-19(22)21(15-17-8-5-4-6-9-17)16-18-10-13-23-14-11-18;/h4-6,8-9,18H,2-3,7,10-16H2,1H3,(H,20,22);1H. The lowest BCUT2D eigenvalue weighted by atomic mass is 9.99. The molecule has 0 bridgehead atoms. The van der Waals surface area contributed by atoms with Gasteiger partial charge in [0.15, 0.2) is 0 Å². The van der Waals surface area contributed by atoms with Crippen LogP contribution in [-0.4, -0.2) is 37.2 Å². The van der Waals surface area contributed by atoms with Crippen molar-refractivity contribution >= 4 is 6.03 Å². The van der Waals surface area contributed by atoms with Crippen molar-refractivity contribution in [3.63, 3.8) is 0 Å². The van der Waals surface area contributed by atoms with Crippen LogP contribution in [0.4, 0.5) is 4.79 Å². The highest BCUT2D eigenvalue weighted by molar-refractivity contribution is 5.74. The van der Waals surface area contributed by atoms with E-state index in [-0.39, 0.29) is 7.46 Å². The van der Waals surface area contributed by atoms with Crippen LogP contribution in [0.3, 0.4) is 0 Å². The zero-order valence-electron chi connectivity index (χ0n) is 14.3. The maximum absolute atomic E-state index is 12.6. The zero-order chi connectivity index (χ0) is 16.3. The van der Waals surface area contributed by atoms with Crippen LogP contribution in [-0.2, 0) is 11.3 Å². The summed E-state index contributed by atoms with van der Waals surface area (Å²) < 4.78 is 5.43. The van der Waals surface area contributed by atoms with Crippen LogP contribution in [0.2, 0.25) is 0 Å². The summed E-state index contributed by atoms with van der Waals surface area (Å²) in [6.07, 6.45) is 5.49. The van der Waals surface area contributed by atoms with E-state index < -0.39 is 0 Å². The molecule has 130 valence electrons. The Bertz CT molecular complexity index is 450. The van der Waals surface area contributed by atoms with Gasteiger partial charge in [0.1, 0.15) is 0 Å². The van der Waals surface area contributed by atoms with Gasteiger partial charge in [0.2, 0.25) is 0 Å². The second-order valence-electron chi connectivity index (χ2n) is 6.36. The molecule has 0 aromatic heterocycles. The number of rotatable bonds is 8. The van der Waals surface area contributed by atoms with Crippen molar-refractivity contribution in [2.45, 2.75) is 45.6 Å². The van der Waals surface area contributed by atoms with E-state index in [9.17, 15) is 4.79 Å². The molecule has 23 heavy (non-hydrogen) atoms. The van der Waals surface area contributed by atoms with Crippen LogP contribution >= 0.6 is 0 Å². The molecule has 1 aromatic carbocycles. The molecule has 0 saturated carbocycles. The Morgan fingerprint density at radius 3 is 2.70 bits per heavy atom. The van der Waals surface area contributed by atoms with Crippen LogP contribution in [0.15, 0.2) is 30.3 Å². The van der Waals surface area contributed by atoms with E-state index in [1.807, 2.05) is 23.1 Å². The Kier molecular flexibility index (Phi) is 7.95. The highest BCUT2D eigenvalue weighted by Crippen LogP contribution is 2.17. The van der Waals surface area contributed by atoms with Crippen LogP contribution in [0.1, 0.15) is 46.0 Å². The van der Waals surface area contributed by atoms with Gasteiger partial charge in [-0.2, -0.15) is 0 Å². The average Bonchev–Trinajstić information content (AvgIpc) is 2.60. The molecule has 0 spiro atoms. The molecule has 1 aromatic rings. The first-order chi connectivity index (χ1) is 11.3. The van der Waals surface area contributed by atoms with E-state index in [1.54, 1.807) is 0 Å². The minimum Gasteiger partial charge on any atom is -0.381 e. The van der Waals surface area contributed by atoms with Crippen molar-refractivity contribution in [3.8, 4) is 0 Å². The van der Waals surface area contributed by atoms with Crippen molar-refractivity contribution < 1.29 is 11.0 Å². The first-order valence-corrected chi connectivity index (χ1v) is 8.94. The topological polar surface area (TPSA) is 41.6 Å². The molecule has 1 saturated heterocycles. The van der Waals surface area contributed by atoms with E-state index >= 15 is 0 Å². The Morgan fingerprint density at radius 2 is 2.00 bits per heavy atom. The Hall–Kier alpha value is -1.55. The second-order valence-corrected chi connectivity index (χ2v) is 6.36. The monoisotopic (exact) mass is 320 g/mol. The summed E-state index contributed by atoms with van der Waals surface area (Å²) in [7, 11) is 0. The van der Waals surface area contributed by atoms with Gasteiger partial charge >= 0.3 is 6.03 Å². The number of carbonyl (C=O) groups is 1. The summed E-state index contributed by atoms with van der Waals surface area (Å²) in [5.41, 5.74) is 1.18. The van der Waals surface area contributed by atoms with Gasteiger partial charge in [0, 0.05) is 34.3 Å². The normalized spacial score (nSPS) is 15.3. The van der Waals surface area contributed by atoms with Crippen LogP contribution in [0, 0.1) is 5.92 Å². The molecular formula is C19H32N2O2. The van der Waals surface area contributed by atoms with Gasteiger partial charge in [0.05, 0.1) is 0 Å². The van der Waals surface area contributed by atoms with Crippen molar-refractivity contribution in [3.05, 3.63) is 35.9 Å². The number of ether oxygens (including phenoxy) is 1. The number of benzene rings is 1. The van der Waals surface area contributed by atoms with E-state index in [2.05, 4.69) is 24.4 Å². The fraction of sp³-hybridized carbons (Fsp3) is 0.632. The van der Waals surface area contributed by atoms with Gasteiger partial charge < -0.3 is 15.0 Å². The molecule has 1 fully saturated rings. The molecule has 4 heteroatoms. The lowest BCUT2D eigenvalue weighted by molar-refractivity contribution is 0.0556. The zero-order valence-corrected chi connectivity index (χ0v) is 14.3. The molecule has 2 rings (SSSR count). The predicted molar refractivity (Wildman–Crippen MR) is 95.4 cm³/mol. The van der Waals surface area contributed by atoms with E-state index in [4.69, 9.17) is 4.74 Å². The number of unbranched alkanes of at least 4 members (excludes halogenated alkanes) is 2. The first-order valence-electron chi connectivity index (χ1n) is 8.94. The van der Waals surface area contributed by atoms with Gasteiger partial charge in [-0.3, -0.25) is 0 Å². The van der Waals surface area contributed by atoms with Crippen molar-refractivity contribution in [2.24, 2.45) is 5.92 Å². The number of carbonyl (C=O) groups excluding carboxylic acids is 1. The molecule has 0 unspecified atom stereocenters. The molecule has 2 amide bonds. The minimum absolute atomic E-state index is 0. The van der Waals surface area contributed by atoms with Crippen LogP contribution in [0.5, 0.6) is 0 Å². The maximum atomic E-state index is 12.6. The maximum Gasteiger partial charge on any atom is 0.317 e. The molecule has 0 atom stereocenters. The van der Waals surface area contributed by atoms with Crippen molar-refractivity contribution in [2.75, 3.05) is 26.3 Å². The van der Waals surface area contributed by atoms with E-state index in [0.29, 0.717) is 12.5 Å². The van der Waals surface area contributed by atoms with Gasteiger partial charge in [-0.05, 0) is 30.7 Å². The van der Waals surface area contributed by atoms with Crippen LogP contribution in [0.25, 0.3) is 0 Å². The molecule has 4 nitrogen and oxygen atoms in total. The smallest absolute Gasteiger partial charge is 0.317 e. The SMILES string of the molecule is CCCCCNC(=O)N(Cc1ccccc1)CC1CCOCC1.[HH]. The van der Waals surface area contributed by atoms with Gasteiger partial charge in [-0.1, -0.05) is 50.1 Å². The quantitative estimate of drug-likeness (QED) is 0.734. The van der Waals surface area contributed by atoms with Crippen molar-refractivity contribution in [1.29, 1.82) is 0 Å². The molecule has 1 heterocycles. The third kappa shape index (κ3) is 6.61. The van der Waals surface area contributed by atoms with E-state index in [0.717, 1.165) is 45.6 Å². The summed E-state index contributed by atoms with van der Waals surface area (Å²) >= 11 is 0. The molecule has 0 radical (unpaired) electrons. The van der Waals surface area contributed by atoms with Gasteiger partial charge in [0.25, 0.3) is 0 Å². The Morgan fingerprint density at radius 1 is 1.26 bits per heavy atom. The number of amides is 2. The van der Waals surface area contributed by atoms with E-state index in [1.165, 1.54) is 18.4 Å². The fourth-order valence-corrected chi connectivity index (χ4v) is 2.95. The lowest BCUT2D eigenvalue weighted by Gasteiger charge is -2.30. The highest BCUT2D eigenvalue weighted by atomic mass is 16.5. The fourth-order valence-electron chi connectivity index (χ4n) is 2.95. The third-order valence-corrected chi connectivity index (χ3v) is 4.38. The second kappa shape index (κ2) is 10.3. The largest absolute Gasteiger partial charge is 0.381 e. The number of hydrogen-bond acceptors (Lipinski definition) is 2. The Labute approximate surface area is 141 Å². The van der Waals surface area contributed by atoms with Gasteiger partial charge in [-0.15, -0.1) is 0 Å². The number of nitrogens with zero attached hydrogens (tertiary/aromatic N) is 1. The highest BCUT2D eigenvalue weighted by Gasteiger charge is 2.21. The van der Waals surface area contributed by atoms with Crippen molar-refractivity contribution in [1.82, 2.24) is 10.2 Å². The Balaban J connectivity index is 0.00000288. The number of urea groups is 1. The molecular weight excluding hydrogens is 288 g/mol. The number of hydrogen-bond donors (Lipinski definition) is 1. The molecule has 1 aliphatic heterocycles. The predicted octanol–water partition coefficient (Wildman–Crippen LogP) is 4.06. The molecule has 1 N–H and O–H groups in total. The summed E-state index contributed by atoms with van der Waals surface area (Å²) in [5.74, 6) is 0.550. The van der Waals surface area contributed by atoms with Gasteiger partial charge in [-0.25, -0.2) is 4.79 Å². The first kappa shape index (κ1) is 17.8. The summed E-state index contributed by atoms with van der Waals surface area (Å²) in [5, 5.41) is 3.08. The summed E-state index contributed by atoms with van der Waals surface area (Å²) in [6, 6.07) is 10.3. The van der Waals surface area contributed by atoms with Crippen LogP contribution < -0.4 is 5.32 Å². The summed E-state index contributed by atoms with van der Waals surface area (Å²) in [6.45, 7) is 6.08.